The van der Waals surface area contributed by atoms with Gasteiger partial charge in [0.05, 0.1) is 18.6 Å². The van der Waals surface area contributed by atoms with E-state index in [0.717, 1.165) is 41.7 Å². The summed E-state index contributed by atoms with van der Waals surface area (Å²) in [4.78, 5) is 29.2. The predicted molar refractivity (Wildman–Crippen MR) is 117 cm³/mol. The second kappa shape index (κ2) is 8.51. The summed E-state index contributed by atoms with van der Waals surface area (Å²) < 4.78 is 5.55. The zero-order valence-corrected chi connectivity index (χ0v) is 17.6. The highest BCUT2D eigenvalue weighted by Crippen LogP contribution is 2.36. The number of rotatable bonds is 5. The summed E-state index contributed by atoms with van der Waals surface area (Å²) in [5, 5.41) is 0.344. The quantitative estimate of drug-likeness (QED) is 0.614. The van der Waals surface area contributed by atoms with Gasteiger partial charge in [0.2, 0.25) is 0 Å². The number of methoxy groups -OCH3 is 1. The maximum atomic E-state index is 12.8. The van der Waals surface area contributed by atoms with Crippen LogP contribution in [0.5, 0.6) is 5.75 Å². The van der Waals surface area contributed by atoms with Crippen molar-refractivity contribution in [2.45, 2.75) is 19.4 Å². The highest BCUT2D eigenvalue weighted by atomic mass is 35.5. The molecule has 2 aromatic carbocycles. The summed E-state index contributed by atoms with van der Waals surface area (Å²) in [6, 6.07) is 13.1. The lowest BCUT2D eigenvalue weighted by Crippen LogP contribution is -2.27. The van der Waals surface area contributed by atoms with Gasteiger partial charge in [-0.3, -0.25) is 14.5 Å². The van der Waals surface area contributed by atoms with Crippen molar-refractivity contribution < 1.29 is 14.3 Å². The first-order valence-corrected chi connectivity index (χ1v) is 10.7. The molecule has 0 atom stereocenters. The molecule has 29 heavy (non-hydrogen) atoms. The first-order valence-electron chi connectivity index (χ1n) is 9.48. The van der Waals surface area contributed by atoms with Crippen LogP contribution >= 0.6 is 23.4 Å². The number of amides is 2. The monoisotopic (exact) mass is 428 g/mol. The number of ether oxygens (including phenoxy) is 1. The van der Waals surface area contributed by atoms with Gasteiger partial charge < -0.3 is 9.64 Å². The molecule has 0 bridgehead atoms. The van der Waals surface area contributed by atoms with Crippen molar-refractivity contribution in [2.75, 3.05) is 25.1 Å². The van der Waals surface area contributed by atoms with Crippen LogP contribution in [0, 0.1) is 0 Å². The smallest absolute Gasteiger partial charge is 0.293 e. The molecule has 0 spiro atoms. The van der Waals surface area contributed by atoms with Crippen molar-refractivity contribution >= 4 is 46.3 Å². The van der Waals surface area contributed by atoms with Gasteiger partial charge in [0, 0.05) is 35.4 Å². The van der Waals surface area contributed by atoms with Gasteiger partial charge in [0.1, 0.15) is 5.75 Å². The van der Waals surface area contributed by atoms with Crippen LogP contribution in [0.15, 0.2) is 47.4 Å². The van der Waals surface area contributed by atoms with E-state index in [1.54, 1.807) is 25.3 Å². The molecule has 7 heteroatoms. The number of benzene rings is 2. The molecule has 0 unspecified atom stereocenters. The number of carbonyl (C=O) groups excluding carboxylic acids is 2. The minimum Gasteiger partial charge on any atom is -0.496 e. The Hall–Kier alpha value is -2.44. The van der Waals surface area contributed by atoms with Crippen LogP contribution in [0.25, 0.3) is 6.08 Å². The van der Waals surface area contributed by atoms with Crippen LogP contribution in [0.1, 0.15) is 24.0 Å². The fourth-order valence-corrected chi connectivity index (χ4v) is 4.50. The van der Waals surface area contributed by atoms with E-state index in [4.69, 9.17) is 16.3 Å². The van der Waals surface area contributed by atoms with Crippen LogP contribution < -0.4 is 9.64 Å². The molecule has 0 aromatic heterocycles. The Kier molecular flexibility index (Phi) is 5.83. The van der Waals surface area contributed by atoms with E-state index in [0.29, 0.717) is 15.7 Å². The number of hydrogen-bond donors (Lipinski definition) is 0. The van der Waals surface area contributed by atoms with Crippen LogP contribution in [0.2, 0.25) is 5.02 Å². The number of thioether (sulfide) groups is 1. The Labute approximate surface area is 179 Å². The van der Waals surface area contributed by atoms with Gasteiger partial charge >= 0.3 is 0 Å². The molecule has 2 aromatic rings. The van der Waals surface area contributed by atoms with Crippen molar-refractivity contribution in [3.05, 3.63) is 63.5 Å². The maximum absolute atomic E-state index is 12.8. The van der Waals surface area contributed by atoms with Gasteiger partial charge in [-0.2, -0.15) is 0 Å². The number of hydrogen-bond acceptors (Lipinski definition) is 5. The fraction of sp³-hybridized carbons (Fsp3) is 0.273. The van der Waals surface area contributed by atoms with Gasteiger partial charge in [-0.1, -0.05) is 23.7 Å². The molecule has 2 aliphatic heterocycles. The Morgan fingerprint density at radius 2 is 1.83 bits per heavy atom. The number of imide groups is 1. The molecule has 150 valence electrons. The molecule has 2 amide bonds. The number of halogens is 1. The third-order valence-electron chi connectivity index (χ3n) is 5.10. The molecule has 4 rings (SSSR count). The van der Waals surface area contributed by atoms with Gasteiger partial charge in [0.25, 0.3) is 11.1 Å². The third-order valence-corrected chi connectivity index (χ3v) is 6.26. The SMILES string of the molecule is COc1cc(N2CCCC2)ccc1/C=C1/SC(=O)N(Cc2ccc(Cl)cc2)C1=O. The highest BCUT2D eigenvalue weighted by Gasteiger charge is 2.35. The molecular formula is C22H21ClN2O3S. The van der Waals surface area contributed by atoms with E-state index in [2.05, 4.69) is 4.90 Å². The Morgan fingerprint density at radius 1 is 1.10 bits per heavy atom. The first-order chi connectivity index (χ1) is 14.0. The molecule has 2 saturated heterocycles. The molecule has 0 saturated carbocycles. The van der Waals surface area contributed by atoms with Gasteiger partial charge in [-0.15, -0.1) is 0 Å². The largest absolute Gasteiger partial charge is 0.496 e. The van der Waals surface area contributed by atoms with E-state index in [1.807, 2.05) is 30.3 Å². The molecule has 0 N–H and O–H groups in total. The van der Waals surface area contributed by atoms with E-state index >= 15 is 0 Å². The molecule has 5 nitrogen and oxygen atoms in total. The highest BCUT2D eigenvalue weighted by molar-refractivity contribution is 8.18. The lowest BCUT2D eigenvalue weighted by atomic mass is 10.1. The topological polar surface area (TPSA) is 49.9 Å². The van der Waals surface area contributed by atoms with Crippen molar-refractivity contribution in [3.63, 3.8) is 0 Å². The fourth-order valence-electron chi connectivity index (χ4n) is 3.54. The zero-order chi connectivity index (χ0) is 20.4. The van der Waals surface area contributed by atoms with Crippen molar-refractivity contribution in [2.24, 2.45) is 0 Å². The lowest BCUT2D eigenvalue weighted by Gasteiger charge is -2.19. The second-order valence-corrected chi connectivity index (χ2v) is 8.44. The standard InChI is InChI=1S/C22H21ClN2O3S/c1-28-19-13-18(24-10-2-3-11-24)9-6-16(19)12-20-21(26)25(22(27)29-20)14-15-4-7-17(23)8-5-15/h4-9,12-13H,2-3,10-11,14H2,1H3/b20-12+. The molecule has 2 heterocycles. The van der Waals surface area contributed by atoms with E-state index in [9.17, 15) is 9.59 Å². The summed E-state index contributed by atoms with van der Waals surface area (Å²) in [5.74, 6) is 0.402. The summed E-state index contributed by atoms with van der Waals surface area (Å²) in [7, 11) is 1.62. The van der Waals surface area contributed by atoms with Gasteiger partial charge in [0.15, 0.2) is 0 Å². The van der Waals surface area contributed by atoms with Crippen LogP contribution in [-0.2, 0) is 11.3 Å². The predicted octanol–water partition coefficient (Wildman–Crippen LogP) is 5.19. The minimum absolute atomic E-state index is 0.226. The molecule has 2 aliphatic rings. The second-order valence-electron chi connectivity index (χ2n) is 7.01. The number of nitrogens with zero attached hydrogens (tertiary/aromatic N) is 2. The maximum Gasteiger partial charge on any atom is 0.293 e. The van der Waals surface area contributed by atoms with Crippen LogP contribution in [-0.4, -0.2) is 36.2 Å². The Morgan fingerprint density at radius 3 is 2.52 bits per heavy atom. The Bertz CT molecular complexity index is 969. The van der Waals surface area contributed by atoms with E-state index < -0.39 is 0 Å². The molecular weight excluding hydrogens is 408 g/mol. The van der Waals surface area contributed by atoms with Gasteiger partial charge in [-0.25, -0.2) is 0 Å². The first kappa shape index (κ1) is 19.9. The molecule has 0 radical (unpaired) electrons. The number of anilines is 1. The summed E-state index contributed by atoms with van der Waals surface area (Å²) in [6.07, 6.45) is 4.13. The average molecular weight is 429 g/mol. The summed E-state index contributed by atoms with van der Waals surface area (Å²) in [6.45, 7) is 2.32. The third kappa shape index (κ3) is 4.28. The summed E-state index contributed by atoms with van der Waals surface area (Å²) in [5.41, 5.74) is 2.75. The number of carbonyl (C=O) groups is 2. The normalized spacial score (nSPS) is 18.2. The van der Waals surface area contributed by atoms with Crippen molar-refractivity contribution in [3.8, 4) is 5.75 Å². The molecule has 0 aliphatic carbocycles. The van der Waals surface area contributed by atoms with Crippen LogP contribution in [0.4, 0.5) is 10.5 Å². The molecule has 2 fully saturated rings. The van der Waals surface area contributed by atoms with Crippen molar-refractivity contribution in [1.29, 1.82) is 0 Å². The van der Waals surface area contributed by atoms with Crippen molar-refractivity contribution in [1.82, 2.24) is 4.90 Å². The average Bonchev–Trinajstić information content (AvgIpc) is 3.35. The van der Waals surface area contributed by atoms with Gasteiger partial charge in [-0.05, 0) is 60.5 Å². The summed E-state index contributed by atoms with van der Waals surface area (Å²) >= 11 is 6.86. The lowest BCUT2D eigenvalue weighted by molar-refractivity contribution is -0.123. The Balaban J connectivity index is 1.55. The van der Waals surface area contributed by atoms with E-state index in [-0.39, 0.29) is 17.7 Å². The zero-order valence-electron chi connectivity index (χ0n) is 16.1. The van der Waals surface area contributed by atoms with E-state index in [1.165, 1.54) is 17.7 Å². The minimum atomic E-state index is -0.291. The van der Waals surface area contributed by atoms with Crippen LogP contribution in [0.3, 0.4) is 0 Å².